The maximum absolute atomic E-state index is 12.5. The lowest BCUT2D eigenvalue weighted by Gasteiger charge is -2.12. The Balaban J connectivity index is 1.99. The lowest BCUT2D eigenvalue weighted by atomic mass is 10.1. The maximum Gasteiger partial charge on any atom is 0.256 e. The summed E-state index contributed by atoms with van der Waals surface area (Å²) in [7, 11) is 3.13. The van der Waals surface area contributed by atoms with Crippen molar-refractivity contribution in [1.82, 2.24) is 14.5 Å². The fraction of sp³-hybridized carbons (Fsp3) is 0.222. The van der Waals surface area contributed by atoms with Crippen LogP contribution in [0.15, 0.2) is 47.7 Å². The van der Waals surface area contributed by atoms with Gasteiger partial charge in [0.15, 0.2) is 11.5 Å². The first kappa shape index (κ1) is 15.9. The van der Waals surface area contributed by atoms with E-state index < -0.39 is 0 Å². The number of aromatic amines is 1. The third-order valence-corrected chi connectivity index (χ3v) is 3.92. The second-order valence-electron chi connectivity index (χ2n) is 5.43. The SMILES string of the molecule is COc1cccc(-c2ccc(Cn3cncc3C)[nH]c2=O)c1OC. The molecule has 0 saturated heterocycles. The smallest absolute Gasteiger partial charge is 0.256 e. The van der Waals surface area contributed by atoms with Crippen molar-refractivity contribution in [2.45, 2.75) is 13.5 Å². The third kappa shape index (κ3) is 2.90. The fourth-order valence-corrected chi connectivity index (χ4v) is 2.65. The summed E-state index contributed by atoms with van der Waals surface area (Å²) in [5.74, 6) is 1.14. The molecule has 0 aliphatic rings. The van der Waals surface area contributed by atoms with Crippen LogP contribution in [0.4, 0.5) is 0 Å². The van der Waals surface area contributed by atoms with Gasteiger partial charge in [0, 0.05) is 23.1 Å². The zero-order valence-electron chi connectivity index (χ0n) is 13.9. The van der Waals surface area contributed by atoms with Gasteiger partial charge in [-0.15, -0.1) is 0 Å². The summed E-state index contributed by atoms with van der Waals surface area (Å²) in [4.78, 5) is 19.6. The van der Waals surface area contributed by atoms with Gasteiger partial charge < -0.3 is 19.0 Å². The number of rotatable bonds is 5. The summed E-state index contributed by atoms with van der Waals surface area (Å²) in [5, 5.41) is 0. The second kappa shape index (κ2) is 6.62. The molecule has 0 fully saturated rings. The molecular formula is C18H19N3O3. The number of nitrogens with zero attached hydrogens (tertiary/aromatic N) is 2. The highest BCUT2D eigenvalue weighted by molar-refractivity contribution is 5.73. The molecular weight excluding hydrogens is 306 g/mol. The highest BCUT2D eigenvalue weighted by Crippen LogP contribution is 2.36. The summed E-state index contributed by atoms with van der Waals surface area (Å²) in [6.07, 6.45) is 3.53. The van der Waals surface area contributed by atoms with Crippen molar-refractivity contribution in [3.8, 4) is 22.6 Å². The lowest BCUT2D eigenvalue weighted by molar-refractivity contribution is 0.356. The Bertz CT molecular complexity index is 912. The van der Waals surface area contributed by atoms with Crippen LogP contribution in [-0.4, -0.2) is 28.8 Å². The highest BCUT2D eigenvalue weighted by Gasteiger charge is 2.14. The number of para-hydroxylation sites is 1. The first-order valence-electron chi connectivity index (χ1n) is 7.54. The minimum atomic E-state index is -0.170. The Morgan fingerprint density at radius 2 is 1.96 bits per heavy atom. The molecule has 0 bridgehead atoms. The Labute approximate surface area is 139 Å². The maximum atomic E-state index is 12.5. The van der Waals surface area contributed by atoms with Crippen LogP contribution in [0.5, 0.6) is 11.5 Å². The number of methoxy groups -OCH3 is 2. The van der Waals surface area contributed by atoms with Crippen LogP contribution in [0.25, 0.3) is 11.1 Å². The average Bonchev–Trinajstić information content (AvgIpc) is 2.99. The van der Waals surface area contributed by atoms with Gasteiger partial charge in [-0.2, -0.15) is 0 Å². The van der Waals surface area contributed by atoms with Crippen molar-refractivity contribution in [3.63, 3.8) is 0 Å². The van der Waals surface area contributed by atoms with E-state index in [1.165, 1.54) is 0 Å². The van der Waals surface area contributed by atoms with E-state index >= 15 is 0 Å². The van der Waals surface area contributed by atoms with Gasteiger partial charge in [-0.25, -0.2) is 4.98 Å². The standard InChI is InChI=1S/C18H19N3O3/c1-12-9-19-11-21(12)10-13-7-8-15(18(22)20-13)14-5-4-6-16(23-2)17(14)24-3/h4-9,11H,10H2,1-3H3,(H,20,22). The van der Waals surface area contributed by atoms with Crippen LogP contribution in [-0.2, 0) is 6.54 Å². The summed E-state index contributed by atoms with van der Waals surface area (Å²) in [6, 6.07) is 9.17. The van der Waals surface area contributed by atoms with E-state index in [0.29, 0.717) is 29.2 Å². The number of hydrogen-bond donors (Lipinski definition) is 1. The predicted molar refractivity (Wildman–Crippen MR) is 91.7 cm³/mol. The molecule has 0 radical (unpaired) electrons. The van der Waals surface area contributed by atoms with Gasteiger partial charge in [0.25, 0.3) is 5.56 Å². The van der Waals surface area contributed by atoms with Gasteiger partial charge >= 0.3 is 0 Å². The number of benzene rings is 1. The summed E-state index contributed by atoms with van der Waals surface area (Å²) in [6.45, 7) is 2.54. The number of imidazole rings is 1. The molecule has 0 atom stereocenters. The van der Waals surface area contributed by atoms with E-state index in [4.69, 9.17) is 9.47 Å². The van der Waals surface area contributed by atoms with Gasteiger partial charge in [-0.3, -0.25) is 4.79 Å². The predicted octanol–water partition coefficient (Wildman–Crippen LogP) is 2.61. The first-order valence-corrected chi connectivity index (χ1v) is 7.54. The molecule has 0 spiro atoms. The topological polar surface area (TPSA) is 69.1 Å². The molecule has 0 aliphatic heterocycles. The molecule has 0 amide bonds. The van der Waals surface area contributed by atoms with Crippen LogP contribution >= 0.6 is 0 Å². The number of hydrogen-bond acceptors (Lipinski definition) is 4. The molecule has 1 N–H and O–H groups in total. The molecule has 24 heavy (non-hydrogen) atoms. The molecule has 2 heterocycles. The number of nitrogens with one attached hydrogen (secondary N) is 1. The van der Waals surface area contributed by atoms with Crippen LogP contribution in [0, 0.1) is 6.92 Å². The monoisotopic (exact) mass is 325 g/mol. The van der Waals surface area contributed by atoms with Crippen molar-refractivity contribution in [3.05, 3.63) is 64.6 Å². The molecule has 1 aromatic carbocycles. The van der Waals surface area contributed by atoms with Crippen LogP contribution in [0.3, 0.4) is 0 Å². The van der Waals surface area contributed by atoms with E-state index in [1.807, 2.05) is 29.7 Å². The van der Waals surface area contributed by atoms with E-state index in [0.717, 1.165) is 11.4 Å². The Morgan fingerprint density at radius 3 is 2.58 bits per heavy atom. The van der Waals surface area contributed by atoms with E-state index in [9.17, 15) is 4.79 Å². The van der Waals surface area contributed by atoms with Crippen molar-refractivity contribution in [1.29, 1.82) is 0 Å². The number of H-pyrrole nitrogens is 1. The molecule has 0 aliphatic carbocycles. The molecule has 3 aromatic rings. The van der Waals surface area contributed by atoms with Crippen LogP contribution in [0.1, 0.15) is 11.4 Å². The largest absolute Gasteiger partial charge is 0.493 e. The molecule has 3 rings (SSSR count). The van der Waals surface area contributed by atoms with Gasteiger partial charge in [-0.1, -0.05) is 12.1 Å². The van der Waals surface area contributed by atoms with Crippen LogP contribution < -0.4 is 15.0 Å². The fourth-order valence-electron chi connectivity index (χ4n) is 2.65. The first-order chi connectivity index (χ1) is 11.6. The molecule has 124 valence electrons. The molecule has 0 saturated carbocycles. The highest BCUT2D eigenvalue weighted by atomic mass is 16.5. The Morgan fingerprint density at radius 1 is 1.12 bits per heavy atom. The van der Waals surface area contributed by atoms with Crippen molar-refractivity contribution in [2.75, 3.05) is 14.2 Å². The Hall–Kier alpha value is -3.02. The van der Waals surface area contributed by atoms with Crippen LogP contribution in [0.2, 0.25) is 0 Å². The van der Waals surface area contributed by atoms with Gasteiger partial charge in [0.1, 0.15) is 0 Å². The minimum Gasteiger partial charge on any atom is -0.493 e. The number of aromatic nitrogens is 3. The zero-order chi connectivity index (χ0) is 17.1. The summed E-state index contributed by atoms with van der Waals surface area (Å²) in [5.41, 5.74) is 2.92. The number of ether oxygens (including phenoxy) is 2. The molecule has 6 nitrogen and oxygen atoms in total. The van der Waals surface area contributed by atoms with E-state index in [1.54, 1.807) is 38.9 Å². The van der Waals surface area contributed by atoms with Gasteiger partial charge in [-0.05, 0) is 25.1 Å². The normalized spacial score (nSPS) is 10.6. The second-order valence-corrected chi connectivity index (χ2v) is 5.43. The van der Waals surface area contributed by atoms with Gasteiger partial charge in [0.2, 0.25) is 0 Å². The van der Waals surface area contributed by atoms with Crippen molar-refractivity contribution in [2.24, 2.45) is 0 Å². The van der Waals surface area contributed by atoms with Gasteiger partial charge in [0.05, 0.1) is 32.7 Å². The molecule has 6 heteroatoms. The third-order valence-electron chi connectivity index (χ3n) is 3.92. The number of aryl methyl sites for hydroxylation is 1. The quantitative estimate of drug-likeness (QED) is 0.783. The zero-order valence-corrected chi connectivity index (χ0v) is 13.9. The van der Waals surface area contributed by atoms with E-state index in [-0.39, 0.29) is 5.56 Å². The summed E-state index contributed by atoms with van der Waals surface area (Å²) < 4.78 is 12.7. The van der Waals surface area contributed by atoms with Crippen molar-refractivity contribution >= 4 is 0 Å². The van der Waals surface area contributed by atoms with E-state index in [2.05, 4.69) is 9.97 Å². The summed E-state index contributed by atoms with van der Waals surface area (Å²) >= 11 is 0. The average molecular weight is 325 g/mol. The lowest BCUT2D eigenvalue weighted by Crippen LogP contribution is -2.14. The Kier molecular flexibility index (Phi) is 4.37. The van der Waals surface area contributed by atoms with Crippen molar-refractivity contribution < 1.29 is 9.47 Å². The number of pyridine rings is 1. The molecule has 0 unspecified atom stereocenters. The minimum absolute atomic E-state index is 0.170. The molecule has 2 aromatic heterocycles.